The molecule has 0 saturated heterocycles. The molecule has 0 amide bonds. The molecule has 0 spiro atoms. The lowest BCUT2D eigenvalue weighted by molar-refractivity contribution is 0.406. The molecule has 21 heavy (non-hydrogen) atoms. The van der Waals surface area contributed by atoms with Crippen molar-refractivity contribution < 1.29 is 9.13 Å². The van der Waals surface area contributed by atoms with Crippen LogP contribution in [0.1, 0.15) is 11.1 Å². The molecule has 0 heterocycles. The van der Waals surface area contributed by atoms with Gasteiger partial charge in [-0.3, -0.25) is 0 Å². The van der Waals surface area contributed by atoms with Gasteiger partial charge in [0.15, 0.2) is 0 Å². The number of rotatable bonds is 6. The van der Waals surface area contributed by atoms with Gasteiger partial charge in [-0.15, -0.1) is 0 Å². The van der Waals surface area contributed by atoms with Crippen LogP contribution in [0.5, 0.6) is 5.75 Å². The van der Waals surface area contributed by atoms with Crippen molar-refractivity contribution in [3.05, 3.63) is 64.4 Å². The molecule has 112 valence electrons. The summed E-state index contributed by atoms with van der Waals surface area (Å²) in [6.07, 6.45) is 1.54. The van der Waals surface area contributed by atoms with E-state index in [9.17, 15) is 4.39 Å². The van der Waals surface area contributed by atoms with Crippen LogP contribution in [0.15, 0.2) is 42.5 Å². The standard InChI is InChI=1S/C17H19ClFNO/c1-20-15(9-12-7-8-14(19)11-16(12)18)10-13-5-3-4-6-17(13)21-2/h3-8,11,15,20H,9-10H2,1-2H3. The number of benzene rings is 2. The average molecular weight is 308 g/mol. The third-order valence-corrected chi connectivity index (χ3v) is 3.90. The summed E-state index contributed by atoms with van der Waals surface area (Å²) in [5.74, 6) is 0.567. The van der Waals surface area contributed by atoms with E-state index in [4.69, 9.17) is 16.3 Å². The number of hydrogen-bond acceptors (Lipinski definition) is 2. The third kappa shape index (κ3) is 4.19. The molecule has 0 bridgehead atoms. The number of para-hydroxylation sites is 1. The minimum absolute atomic E-state index is 0.198. The summed E-state index contributed by atoms with van der Waals surface area (Å²) >= 11 is 6.10. The molecule has 0 radical (unpaired) electrons. The lowest BCUT2D eigenvalue weighted by Crippen LogP contribution is -2.30. The maximum atomic E-state index is 13.1. The van der Waals surface area contributed by atoms with Gasteiger partial charge in [0.2, 0.25) is 0 Å². The van der Waals surface area contributed by atoms with Crippen molar-refractivity contribution in [2.45, 2.75) is 18.9 Å². The summed E-state index contributed by atoms with van der Waals surface area (Å²) in [7, 11) is 3.58. The van der Waals surface area contributed by atoms with Gasteiger partial charge in [0.1, 0.15) is 11.6 Å². The molecule has 0 saturated carbocycles. The second-order valence-corrected chi connectivity index (χ2v) is 5.35. The molecule has 0 aliphatic rings. The fourth-order valence-electron chi connectivity index (χ4n) is 2.37. The van der Waals surface area contributed by atoms with E-state index >= 15 is 0 Å². The van der Waals surface area contributed by atoms with E-state index in [1.807, 2.05) is 25.2 Å². The van der Waals surface area contributed by atoms with Gasteiger partial charge < -0.3 is 10.1 Å². The quantitative estimate of drug-likeness (QED) is 0.875. The molecule has 1 unspecified atom stereocenters. The number of hydrogen-bond donors (Lipinski definition) is 1. The van der Waals surface area contributed by atoms with E-state index in [0.717, 1.165) is 29.7 Å². The highest BCUT2D eigenvalue weighted by molar-refractivity contribution is 6.31. The lowest BCUT2D eigenvalue weighted by Gasteiger charge is -2.18. The van der Waals surface area contributed by atoms with Gasteiger partial charge in [-0.25, -0.2) is 4.39 Å². The molecule has 0 aliphatic carbocycles. The van der Waals surface area contributed by atoms with Crippen LogP contribution < -0.4 is 10.1 Å². The average Bonchev–Trinajstić information content (AvgIpc) is 2.49. The predicted molar refractivity (Wildman–Crippen MR) is 84.7 cm³/mol. The monoisotopic (exact) mass is 307 g/mol. The fraction of sp³-hybridized carbons (Fsp3) is 0.294. The lowest BCUT2D eigenvalue weighted by atomic mass is 9.98. The van der Waals surface area contributed by atoms with Crippen LogP contribution >= 0.6 is 11.6 Å². The zero-order valence-electron chi connectivity index (χ0n) is 12.2. The number of nitrogens with one attached hydrogen (secondary N) is 1. The Morgan fingerprint density at radius 1 is 1.14 bits per heavy atom. The Morgan fingerprint density at radius 3 is 2.52 bits per heavy atom. The SMILES string of the molecule is CNC(Cc1ccc(F)cc1Cl)Cc1ccccc1OC. The first-order valence-electron chi connectivity index (χ1n) is 6.87. The van der Waals surface area contributed by atoms with E-state index in [1.165, 1.54) is 12.1 Å². The van der Waals surface area contributed by atoms with Gasteiger partial charge in [-0.05, 0) is 49.2 Å². The highest BCUT2D eigenvalue weighted by atomic mass is 35.5. The first-order valence-corrected chi connectivity index (χ1v) is 7.25. The highest BCUT2D eigenvalue weighted by Gasteiger charge is 2.13. The molecular weight excluding hydrogens is 289 g/mol. The summed E-state index contributed by atoms with van der Waals surface area (Å²) in [6, 6.07) is 12.7. The van der Waals surface area contributed by atoms with Gasteiger partial charge in [0.05, 0.1) is 7.11 Å². The largest absolute Gasteiger partial charge is 0.496 e. The van der Waals surface area contributed by atoms with Gasteiger partial charge in [-0.2, -0.15) is 0 Å². The second-order valence-electron chi connectivity index (χ2n) is 4.94. The third-order valence-electron chi connectivity index (χ3n) is 3.55. The number of likely N-dealkylation sites (N-methyl/N-ethyl adjacent to an activating group) is 1. The zero-order valence-corrected chi connectivity index (χ0v) is 13.0. The van der Waals surface area contributed by atoms with Gasteiger partial charge in [-0.1, -0.05) is 35.9 Å². The molecular formula is C17H19ClFNO. The second kappa shape index (κ2) is 7.43. The van der Waals surface area contributed by atoms with Crippen molar-refractivity contribution in [3.63, 3.8) is 0 Å². The van der Waals surface area contributed by atoms with Crippen molar-refractivity contribution >= 4 is 11.6 Å². The molecule has 1 N–H and O–H groups in total. The highest BCUT2D eigenvalue weighted by Crippen LogP contribution is 2.23. The Hall–Kier alpha value is -1.58. The topological polar surface area (TPSA) is 21.3 Å². The van der Waals surface area contributed by atoms with Crippen LogP contribution in [0.4, 0.5) is 4.39 Å². The summed E-state index contributed by atoms with van der Waals surface area (Å²) in [5, 5.41) is 3.75. The van der Waals surface area contributed by atoms with Crippen molar-refractivity contribution in [3.8, 4) is 5.75 Å². The summed E-state index contributed by atoms with van der Waals surface area (Å²) in [5.41, 5.74) is 2.07. The predicted octanol–water partition coefficient (Wildman–Crippen LogP) is 3.86. The molecule has 2 nitrogen and oxygen atoms in total. The molecule has 2 aromatic rings. The molecule has 2 rings (SSSR count). The Bertz CT molecular complexity index is 603. The van der Waals surface area contributed by atoms with Gasteiger partial charge >= 0.3 is 0 Å². The van der Waals surface area contributed by atoms with Crippen LogP contribution in [0.25, 0.3) is 0 Å². The van der Waals surface area contributed by atoms with Crippen LogP contribution in [0.3, 0.4) is 0 Å². The molecule has 2 aromatic carbocycles. The van der Waals surface area contributed by atoms with Crippen molar-refractivity contribution in [1.29, 1.82) is 0 Å². The van der Waals surface area contributed by atoms with Crippen LogP contribution in [-0.2, 0) is 12.8 Å². The normalized spacial score (nSPS) is 12.2. The van der Waals surface area contributed by atoms with Crippen LogP contribution in [0.2, 0.25) is 5.02 Å². The minimum Gasteiger partial charge on any atom is -0.496 e. The Morgan fingerprint density at radius 2 is 1.86 bits per heavy atom. The number of halogens is 2. The van der Waals surface area contributed by atoms with E-state index in [-0.39, 0.29) is 11.9 Å². The maximum absolute atomic E-state index is 13.1. The van der Waals surface area contributed by atoms with E-state index in [2.05, 4.69) is 11.4 Å². The van der Waals surface area contributed by atoms with Crippen molar-refractivity contribution in [2.75, 3.05) is 14.2 Å². The van der Waals surface area contributed by atoms with Crippen LogP contribution in [0, 0.1) is 5.82 Å². The first kappa shape index (κ1) is 15.8. The summed E-state index contributed by atoms with van der Waals surface area (Å²) in [4.78, 5) is 0. The molecule has 1 atom stereocenters. The Balaban J connectivity index is 2.13. The van der Waals surface area contributed by atoms with Crippen molar-refractivity contribution in [2.24, 2.45) is 0 Å². The fourth-order valence-corrected chi connectivity index (χ4v) is 2.61. The van der Waals surface area contributed by atoms with E-state index in [1.54, 1.807) is 13.2 Å². The smallest absolute Gasteiger partial charge is 0.124 e. The van der Waals surface area contributed by atoms with E-state index < -0.39 is 0 Å². The summed E-state index contributed by atoms with van der Waals surface area (Å²) < 4.78 is 18.5. The number of ether oxygens (including phenoxy) is 1. The van der Waals surface area contributed by atoms with Crippen molar-refractivity contribution in [1.82, 2.24) is 5.32 Å². The first-order chi connectivity index (χ1) is 10.1. The minimum atomic E-state index is -0.311. The Labute approximate surface area is 129 Å². The Kier molecular flexibility index (Phi) is 5.59. The van der Waals surface area contributed by atoms with Gasteiger partial charge in [0, 0.05) is 11.1 Å². The van der Waals surface area contributed by atoms with Gasteiger partial charge in [0.25, 0.3) is 0 Å². The van der Waals surface area contributed by atoms with E-state index in [0.29, 0.717) is 5.02 Å². The van der Waals surface area contributed by atoms with Crippen LogP contribution in [-0.4, -0.2) is 20.2 Å². The molecule has 0 aliphatic heterocycles. The molecule has 4 heteroatoms. The zero-order chi connectivity index (χ0) is 15.2. The molecule has 0 fully saturated rings. The number of methoxy groups -OCH3 is 1. The summed E-state index contributed by atoms with van der Waals surface area (Å²) in [6.45, 7) is 0. The maximum Gasteiger partial charge on any atom is 0.124 e. The molecule has 0 aromatic heterocycles.